The molecule has 124 valence electrons. The molecule has 0 bridgehead atoms. The number of alkyl halides is 1. The number of hydrogen-bond acceptors (Lipinski definition) is 3. The van der Waals surface area contributed by atoms with E-state index in [0.29, 0.717) is 31.7 Å². The Morgan fingerprint density at radius 3 is 2.71 bits per heavy atom. The monoisotopic (exact) mass is 325 g/mol. The van der Waals surface area contributed by atoms with Crippen molar-refractivity contribution in [3.05, 3.63) is 48.8 Å². The molecule has 4 rings (SSSR count). The van der Waals surface area contributed by atoms with Gasteiger partial charge >= 0.3 is 0 Å². The summed E-state index contributed by atoms with van der Waals surface area (Å²) in [6.45, 7) is 1.48. The molecule has 5 heteroatoms. The number of fused-ring (bicyclic) bond motifs is 1. The van der Waals surface area contributed by atoms with E-state index in [4.69, 9.17) is 4.74 Å². The number of piperidine rings is 1. The first-order chi connectivity index (χ1) is 11.8. The Morgan fingerprint density at radius 1 is 1.12 bits per heavy atom. The second-order valence-corrected chi connectivity index (χ2v) is 6.29. The molecule has 1 aliphatic heterocycles. The molecule has 3 heterocycles. The average Bonchev–Trinajstić information content (AvgIpc) is 3.06. The molecule has 4 nitrogen and oxygen atoms in total. The first-order valence-electron chi connectivity index (χ1n) is 8.29. The molecular weight excluding hydrogens is 305 g/mol. The van der Waals surface area contributed by atoms with Crippen molar-refractivity contribution >= 4 is 11.0 Å². The third-order valence-corrected chi connectivity index (χ3v) is 4.61. The lowest BCUT2D eigenvalue weighted by Gasteiger charge is -2.29. The molecule has 2 aromatic heterocycles. The van der Waals surface area contributed by atoms with Crippen LogP contribution in [0, 0.1) is 0 Å². The molecule has 0 unspecified atom stereocenters. The highest BCUT2D eigenvalue weighted by Crippen LogP contribution is 2.35. The van der Waals surface area contributed by atoms with Crippen LogP contribution in [0.3, 0.4) is 0 Å². The van der Waals surface area contributed by atoms with E-state index in [2.05, 4.69) is 15.3 Å². The quantitative estimate of drug-likeness (QED) is 0.769. The van der Waals surface area contributed by atoms with Crippen LogP contribution in [0.25, 0.3) is 22.2 Å². The van der Waals surface area contributed by atoms with Gasteiger partial charge in [0.25, 0.3) is 0 Å². The van der Waals surface area contributed by atoms with Gasteiger partial charge in [-0.15, -0.1) is 0 Å². The fourth-order valence-corrected chi connectivity index (χ4v) is 3.22. The Bertz CT molecular complexity index is 825. The zero-order chi connectivity index (χ0) is 16.4. The fraction of sp³-hybridized carbons (Fsp3) is 0.316. The molecule has 3 aromatic rings. The minimum absolute atomic E-state index is 0.0766. The van der Waals surface area contributed by atoms with Gasteiger partial charge in [-0.2, -0.15) is 0 Å². The topological polar surface area (TPSA) is 49.9 Å². The van der Waals surface area contributed by atoms with Crippen LogP contribution in [0.2, 0.25) is 0 Å². The lowest BCUT2D eigenvalue weighted by molar-refractivity contribution is 0.0546. The van der Waals surface area contributed by atoms with E-state index in [1.165, 1.54) is 0 Å². The molecule has 0 atom stereocenters. The van der Waals surface area contributed by atoms with Crippen LogP contribution in [0.15, 0.2) is 48.8 Å². The van der Waals surface area contributed by atoms with E-state index in [1.54, 1.807) is 6.20 Å². The Kier molecular flexibility index (Phi) is 3.94. The molecule has 0 saturated carbocycles. The second kappa shape index (κ2) is 6.24. The van der Waals surface area contributed by atoms with Gasteiger partial charge in [-0.3, -0.25) is 0 Å². The van der Waals surface area contributed by atoms with E-state index in [1.807, 2.05) is 42.6 Å². The molecule has 1 aromatic carbocycles. The number of H-pyrrole nitrogens is 1. The predicted molar refractivity (Wildman–Crippen MR) is 93.0 cm³/mol. The summed E-state index contributed by atoms with van der Waals surface area (Å²) in [7, 11) is 0. The lowest BCUT2D eigenvalue weighted by Crippen LogP contribution is -2.42. The number of aromatic amines is 1. The first kappa shape index (κ1) is 15.1. The van der Waals surface area contributed by atoms with Gasteiger partial charge in [0, 0.05) is 18.0 Å². The minimum atomic E-state index is -1.26. The summed E-state index contributed by atoms with van der Waals surface area (Å²) in [5.41, 5.74) is 1.60. The second-order valence-electron chi connectivity index (χ2n) is 6.29. The van der Waals surface area contributed by atoms with Crippen molar-refractivity contribution in [2.45, 2.75) is 18.5 Å². The molecule has 0 amide bonds. The zero-order valence-corrected chi connectivity index (χ0v) is 13.4. The van der Waals surface area contributed by atoms with Crippen molar-refractivity contribution < 1.29 is 9.13 Å². The molecule has 1 saturated heterocycles. The number of halogens is 1. The number of ether oxygens (including phenoxy) is 1. The number of nitrogens with one attached hydrogen (secondary N) is 2. The third kappa shape index (κ3) is 2.87. The smallest absolute Gasteiger partial charge is 0.147 e. The van der Waals surface area contributed by atoms with Gasteiger partial charge in [-0.25, -0.2) is 9.37 Å². The normalized spacial score (nSPS) is 17.0. The van der Waals surface area contributed by atoms with E-state index < -0.39 is 5.67 Å². The van der Waals surface area contributed by atoms with E-state index in [9.17, 15) is 4.39 Å². The SMILES string of the molecule is FC1(COc2ccnc3[nH]cc(-c4ccccc4)c23)CCNCC1. The van der Waals surface area contributed by atoms with Crippen LogP contribution in [-0.4, -0.2) is 35.3 Å². The van der Waals surface area contributed by atoms with Crippen molar-refractivity contribution in [3.8, 4) is 16.9 Å². The summed E-state index contributed by atoms with van der Waals surface area (Å²) < 4.78 is 20.7. The van der Waals surface area contributed by atoms with Crippen LogP contribution in [0.5, 0.6) is 5.75 Å². The largest absolute Gasteiger partial charge is 0.489 e. The molecule has 2 N–H and O–H groups in total. The van der Waals surface area contributed by atoms with Crippen molar-refractivity contribution in [2.24, 2.45) is 0 Å². The molecule has 0 spiro atoms. The van der Waals surface area contributed by atoms with Crippen molar-refractivity contribution in [3.63, 3.8) is 0 Å². The van der Waals surface area contributed by atoms with Gasteiger partial charge in [-0.05, 0) is 37.6 Å². The average molecular weight is 325 g/mol. The van der Waals surface area contributed by atoms with Crippen LogP contribution in [0.4, 0.5) is 4.39 Å². The molecule has 24 heavy (non-hydrogen) atoms. The summed E-state index contributed by atoms with van der Waals surface area (Å²) >= 11 is 0. The van der Waals surface area contributed by atoms with Crippen molar-refractivity contribution in [2.75, 3.05) is 19.7 Å². The predicted octanol–water partition coefficient (Wildman–Crippen LogP) is 3.70. The van der Waals surface area contributed by atoms with E-state index in [-0.39, 0.29) is 6.61 Å². The third-order valence-electron chi connectivity index (χ3n) is 4.61. The van der Waals surface area contributed by atoms with Gasteiger partial charge in [0.05, 0.1) is 5.39 Å². The number of pyridine rings is 1. The minimum Gasteiger partial charge on any atom is -0.489 e. The molecule has 0 radical (unpaired) electrons. The van der Waals surface area contributed by atoms with Gasteiger partial charge < -0.3 is 15.0 Å². The summed E-state index contributed by atoms with van der Waals surface area (Å²) in [5.74, 6) is 0.677. The maximum atomic E-state index is 14.8. The van der Waals surface area contributed by atoms with Gasteiger partial charge in [-0.1, -0.05) is 30.3 Å². The number of aromatic nitrogens is 2. The Balaban J connectivity index is 1.67. The van der Waals surface area contributed by atoms with E-state index >= 15 is 0 Å². The first-order valence-corrected chi connectivity index (χ1v) is 8.29. The zero-order valence-electron chi connectivity index (χ0n) is 13.4. The highest BCUT2D eigenvalue weighted by atomic mass is 19.1. The molecule has 0 aliphatic carbocycles. The summed E-state index contributed by atoms with van der Waals surface area (Å²) in [5, 5.41) is 4.09. The number of hydrogen-bond donors (Lipinski definition) is 2. The summed E-state index contributed by atoms with van der Waals surface area (Å²) in [4.78, 5) is 7.54. The number of nitrogens with zero attached hydrogens (tertiary/aromatic N) is 1. The van der Waals surface area contributed by atoms with Crippen molar-refractivity contribution in [1.82, 2.24) is 15.3 Å². The standard InChI is InChI=1S/C19H20FN3O/c20-19(7-10-21-11-8-19)13-24-16-6-9-22-18-17(16)15(12-23-18)14-4-2-1-3-5-14/h1-6,9,12,21H,7-8,10-11,13H2,(H,22,23). The van der Waals surface area contributed by atoms with Crippen molar-refractivity contribution in [1.29, 1.82) is 0 Å². The Hall–Kier alpha value is -2.40. The molecule has 1 aliphatic rings. The maximum absolute atomic E-state index is 14.8. The van der Waals surface area contributed by atoms with Crippen LogP contribution < -0.4 is 10.1 Å². The summed E-state index contributed by atoms with van der Waals surface area (Å²) in [6, 6.07) is 11.9. The maximum Gasteiger partial charge on any atom is 0.147 e. The Morgan fingerprint density at radius 2 is 1.92 bits per heavy atom. The lowest BCUT2D eigenvalue weighted by atomic mass is 9.95. The fourth-order valence-electron chi connectivity index (χ4n) is 3.22. The Labute approximate surface area is 140 Å². The molecule has 1 fully saturated rings. The summed E-state index contributed by atoms with van der Waals surface area (Å²) in [6.07, 6.45) is 4.59. The van der Waals surface area contributed by atoms with Gasteiger partial charge in [0.1, 0.15) is 23.7 Å². The van der Waals surface area contributed by atoms with Crippen LogP contribution in [0.1, 0.15) is 12.8 Å². The molecular formula is C19H20FN3O. The van der Waals surface area contributed by atoms with E-state index in [0.717, 1.165) is 22.2 Å². The highest BCUT2D eigenvalue weighted by Gasteiger charge is 2.32. The highest BCUT2D eigenvalue weighted by molar-refractivity contribution is 5.97. The van der Waals surface area contributed by atoms with Gasteiger partial charge in [0.2, 0.25) is 0 Å². The van der Waals surface area contributed by atoms with Crippen LogP contribution in [-0.2, 0) is 0 Å². The van der Waals surface area contributed by atoms with Gasteiger partial charge in [0.15, 0.2) is 0 Å². The number of benzene rings is 1. The van der Waals surface area contributed by atoms with Crippen LogP contribution >= 0.6 is 0 Å². The number of rotatable bonds is 4.